The van der Waals surface area contributed by atoms with Gasteiger partial charge in [-0.3, -0.25) is 14.5 Å². The number of Topliss-reactive ketones (excluding diaryl/α,β-unsaturated/α-hetero) is 1. The van der Waals surface area contributed by atoms with Crippen LogP contribution in [0.25, 0.3) is 5.76 Å². The second-order valence-corrected chi connectivity index (χ2v) is 8.76. The molecule has 2 aromatic rings. The van der Waals surface area contributed by atoms with Crippen molar-refractivity contribution in [2.24, 2.45) is 0 Å². The number of aryl methyl sites for hydroxylation is 1. The van der Waals surface area contributed by atoms with Crippen LogP contribution in [0.3, 0.4) is 0 Å². The van der Waals surface area contributed by atoms with E-state index in [4.69, 9.17) is 14.2 Å². The lowest BCUT2D eigenvalue weighted by Gasteiger charge is -2.29. The fourth-order valence-electron chi connectivity index (χ4n) is 4.71. The molecule has 2 fully saturated rings. The third kappa shape index (κ3) is 5.18. The molecule has 0 bridgehead atoms. The maximum absolute atomic E-state index is 13.2. The standard InChI is InChI=1S/C27H32N2O6/c1-18-17-20(7-10-22(18)34-3)25(30)23-24(19-5-8-21(33-2)9-6-19)29(27(32)26(23)31)12-4-11-28-13-15-35-16-14-28/h5-10,17,24,30H,4,11-16H2,1-3H3/t24-/m1/s1. The minimum Gasteiger partial charge on any atom is -0.507 e. The molecule has 186 valence electrons. The molecule has 1 N–H and O–H groups in total. The Labute approximate surface area is 205 Å². The number of amides is 1. The first-order valence-corrected chi connectivity index (χ1v) is 11.8. The third-order valence-corrected chi connectivity index (χ3v) is 6.62. The molecule has 0 unspecified atom stereocenters. The van der Waals surface area contributed by atoms with Crippen LogP contribution in [0, 0.1) is 6.92 Å². The van der Waals surface area contributed by atoms with Gasteiger partial charge in [0.25, 0.3) is 11.7 Å². The van der Waals surface area contributed by atoms with Crippen molar-refractivity contribution in [3.8, 4) is 11.5 Å². The molecule has 0 saturated carbocycles. The van der Waals surface area contributed by atoms with Gasteiger partial charge in [0.1, 0.15) is 17.3 Å². The summed E-state index contributed by atoms with van der Waals surface area (Å²) in [6, 6.07) is 11.7. The van der Waals surface area contributed by atoms with Crippen LogP contribution in [0.1, 0.15) is 29.2 Å². The summed E-state index contributed by atoms with van der Waals surface area (Å²) in [6.45, 7) is 6.20. The first kappa shape index (κ1) is 24.8. The summed E-state index contributed by atoms with van der Waals surface area (Å²) in [4.78, 5) is 30.3. The normalized spacial score (nSPS) is 20.3. The molecule has 1 amide bonds. The number of hydrogen-bond donors (Lipinski definition) is 1. The number of ketones is 1. The van der Waals surface area contributed by atoms with Crippen molar-refractivity contribution < 1.29 is 28.9 Å². The lowest BCUT2D eigenvalue weighted by molar-refractivity contribution is -0.140. The van der Waals surface area contributed by atoms with Crippen LogP contribution in [0.15, 0.2) is 48.0 Å². The molecular formula is C27H32N2O6. The lowest BCUT2D eigenvalue weighted by Crippen LogP contribution is -2.38. The van der Waals surface area contributed by atoms with Crippen LogP contribution >= 0.6 is 0 Å². The van der Waals surface area contributed by atoms with E-state index in [1.165, 1.54) is 0 Å². The number of rotatable bonds is 8. The maximum atomic E-state index is 13.2. The summed E-state index contributed by atoms with van der Waals surface area (Å²) in [5, 5.41) is 11.3. The summed E-state index contributed by atoms with van der Waals surface area (Å²) < 4.78 is 16.0. The smallest absolute Gasteiger partial charge is 0.295 e. The van der Waals surface area contributed by atoms with E-state index in [2.05, 4.69) is 4.90 Å². The summed E-state index contributed by atoms with van der Waals surface area (Å²) in [5.74, 6) is -0.117. The number of likely N-dealkylation sites (tertiary alicyclic amines) is 1. The Balaban J connectivity index is 1.69. The van der Waals surface area contributed by atoms with E-state index < -0.39 is 17.7 Å². The molecule has 2 aliphatic rings. The zero-order valence-corrected chi connectivity index (χ0v) is 20.5. The molecule has 0 aromatic heterocycles. The largest absolute Gasteiger partial charge is 0.507 e. The molecule has 0 radical (unpaired) electrons. The first-order valence-electron chi connectivity index (χ1n) is 11.8. The van der Waals surface area contributed by atoms with Crippen molar-refractivity contribution >= 4 is 17.4 Å². The zero-order chi connectivity index (χ0) is 24.9. The van der Waals surface area contributed by atoms with Crippen LogP contribution in [-0.4, -0.2) is 80.2 Å². The van der Waals surface area contributed by atoms with Gasteiger partial charge in [0.15, 0.2) is 0 Å². The minimum absolute atomic E-state index is 0.0936. The summed E-state index contributed by atoms with van der Waals surface area (Å²) in [7, 11) is 3.16. The van der Waals surface area contributed by atoms with E-state index in [0.29, 0.717) is 43.2 Å². The van der Waals surface area contributed by atoms with E-state index in [0.717, 1.165) is 30.8 Å². The van der Waals surface area contributed by atoms with Crippen molar-refractivity contribution in [1.82, 2.24) is 9.80 Å². The van der Waals surface area contributed by atoms with Gasteiger partial charge in [-0.25, -0.2) is 0 Å². The van der Waals surface area contributed by atoms with Gasteiger partial charge in [0, 0.05) is 31.7 Å². The molecule has 0 aliphatic carbocycles. The Kier molecular flexibility index (Phi) is 7.73. The predicted molar refractivity (Wildman–Crippen MR) is 132 cm³/mol. The van der Waals surface area contributed by atoms with E-state index in [9.17, 15) is 14.7 Å². The van der Waals surface area contributed by atoms with E-state index in [1.807, 2.05) is 19.1 Å². The first-order chi connectivity index (χ1) is 16.9. The van der Waals surface area contributed by atoms with Crippen molar-refractivity contribution in [3.05, 3.63) is 64.7 Å². The van der Waals surface area contributed by atoms with Gasteiger partial charge in [0.2, 0.25) is 0 Å². The van der Waals surface area contributed by atoms with Gasteiger partial charge in [-0.15, -0.1) is 0 Å². The van der Waals surface area contributed by atoms with Crippen LogP contribution in [0.4, 0.5) is 0 Å². The molecule has 1 atom stereocenters. The van der Waals surface area contributed by atoms with Crippen LogP contribution in [0.2, 0.25) is 0 Å². The number of morpholine rings is 1. The monoisotopic (exact) mass is 480 g/mol. The molecule has 8 nitrogen and oxygen atoms in total. The predicted octanol–water partition coefficient (Wildman–Crippen LogP) is 3.16. The number of nitrogens with zero attached hydrogens (tertiary/aromatic N) is 2. The highest BCUT2D eigenvalue weighted by Gasteiger charge is 2.45. The number of aliphatic hydroxyl groups is 1. The Morgan fingerprint density at radius 2 is 1.74 bits per heavy atom. The Bertz CT molecular complexity index is 1110. The average molecular weight is 481 g/mol. The molecule has 8 heteroatoms. The van der Waals surface area contributed by atoms with Gasteiger partial charge in [-0.1, -0.05) is 12.1 Å². The van der Waals surface area contributed by atoms with Crippen molar-refractivity contribution in [1.29, 1.82) is 0 Å². The number of carbonyl (C=O) groups is 2. The third-order valence-electron chi connectivity index (χ3n) is 6.62. The second kappa shape index (κ2) is 10.9. The van der Waals surface area contributed by atoms with E-state index in [1.54, 1.807) is 49.5 Å². The maximum Gasteiger partial charge on any atom is 0.295 e. The average Bonchev–Trinajstić information content (AvgIpc) is 3.14. The molecule has 4 rings (SSSR count). The van der Waals surface area contributed by atoms with Crippen molar-refractivity contribution in [3.63, 3.8) is 0 Å². The van der Waals surface area contributed by atoms with Crippen LogP contribution < -0.4 is 9.47 Å². The summed E-state index contributed by atoms with van der Waals surface area (Å²) in [5.41, 5.74) is 2.12. The Morgan fingerprint density at radius 3 is 2.37 bits per heavy atom. The Morgan fingerprint density at radius 1 is 1.03 bits per heavy atom. The number of ether oxygens (including phenoxy) is 3. The highest BCUT2D eigenvalue weighted by molar-refractivity contribution is 6.46. The fraction of sp³-hybridized carbons (Fsp3) is 0.407. The second-order valence-electron chi connectivity index (χ2n) is 8.76. The van der Waals surface area contributed by atoms with Crippen LogP contribution in [-0.2, 0) is 14.3 Å². The topological polar surface area (TPSA) is 88.5 Å². The molecule has 2 saturated heterocycles. The molecular weight excluding hydrogens is 448 g/mol. The molecule has 2 aromatic carbocycles. The number of carbonyl (C=O) groups excluding carboxylic acids is 2. The molecule has 0 spiro atoms. The highest BCUT2D eigenvalue weighted by atomic mass is 16.5. The number of aliphatic hydroxyl groups excluding tert-OH is 1. The van der Waals surface area contributed by atoms with Gasteiger partial charge in [0.05, 0.1) is 39.0 Å². The zero-order valence-electron chi connectivity index (χ0n) is 20.5. The van der Waals surface area contributed by atoms with E-state index >= 15 is 0 Å². The summed E-state index contributed by atoms with van der Waals surface area (Å²) in [6.07, 6.45) is 0.710. The minimum atomic E-state index is -0.687. The van der Waals surface area contributed by atoms with Gasteiger partial charge < -0.3 is 24.2 Å². The molecule has 35 heavy (non-hydrogen) atoms. The van der Waals surface area contributed by atoms with Crippen molar-refractivity contribution in [2.75, 3.05) is 53.6 Å². The summed E-state index contributed by atoms with van der Waals surface area (Å²) >= 11 is 0. The Hall–Kier alpha value is -3.36. The lowest BCUT2D eigenvalue weighted by atomic mass is 9.94. The molecule has 2 heterocycles. The molecule has 2 aliphatic heterocycles. The van der Waals surface area contributed by atoms with Crippen LogP contribution in [0.5, 0.6) is 11.5 Å². The number of hydrogen-bond acceptors (Lipinski definition) is 7. The highest BCUT2D eigenvalue weighted by Crippen LogP contribution is 2.40. The van der Waals surface area contributed by atoms with Crippen molar-refractivity contribution in [2.45, 2.75) is 19.4 Å². The van der Waals surface area contributed by atoms with Gasteiger partial charge in [-0.2, -0.15) is 0 Å². The SMILES string of the molecule is COc1ccc([C@@H]2C(=C(O)c3ccc(OC)c(C)c3)C(=O)C(=O)N2CCCN2CCOCC2)cc1. The quantitative estimate of drug-likeness (QED) is 0.353. The fourth-order valence-corrected chi connectivity index (χ4v) is 4.71. The number of benzene rings is 2. The van der Waals surface area contributed by atoms with Gasteiger partial charge >= 0.3 is 0 Å². The number of methoxy groups -OCH3 is 2. The van der Waals surface area contributed by atoms with E-state index in [-0.39, 0.29) is 11.3 Å². The van der Waals surface area contributed by atoms with Gasteiger partial charge in [-0.05, 0) is 54.8 Å².